The highest BCUT2D eigenvalue weighted by atomic mass is 35.5. The van der Waals surface area contributed by atoms with Gasteiger partial charge >= 0.3 is 6.09 Å². The lowest BCUT2D eigenvalue weighted by molar-refractivity contribution is -0.155. The van der Waals surface area contributed by atoms with Gasteiger partial charge in [0.1, 0.15) is 5.69 Å². The quantitative estimate of drug-likeness (QED) is 0.192. The molecule has 1 aromatic heterocycles. The fourth-order valence-electron chi connectivity index (χ4n) is 4.57. The molecule has 1 saturated heterocycles. The molecule has 13 heteroatoms. The molecule has 11 nitrogen and oxygen atoms in total. The maximum atomic E-state index is 15.2. The summed E-state index contributed by atoms with van der Waals surface area (Å²) >= 11 is 6.03. The van der Waals surface area contributed by atoms with Crippen LogP contribution in [-0.2, 0) is 20.9 Å². The normalized spacial score (nSPS) is 19.1. The molecule has 3 amide bonds. The van der Waals surface area contributed by atoms with E-state index in [0.29, 0.717) is 36.9 Å². The molecule has 0 radical (unpaired) electrons. The standard InChI is InChI=1S/C21H30ClFN6O5/c1-34-21(32)25-15-6-7-28(11-15)18-17(23)16(26-20(22)27-18)9-24-19(31)14(10-29(33)12-30)8-13-4-2-3-5-13/h12-15,33H,2-11H2,1H3,(H,24,31)(H,25,32)/t14-,15+/m1/s1. The summed E-state index contributed by atoms with van der Waals surface area (Å²) in [6.45, 7) is 0.372. The first-order valence-electron chi connectivity index (χ1n) is 11.3. The van der Waals surface area contributed by atoms with E-state index in [1.165, 1.54) is 7.11 Å². The van der Waals surface area contributed by atoms with Crippen LogP contribution in [0.25, 0.3) is 0 Å². The summed E-state index contributed by atoms with van der Waals surface area (Å²) in [6, 6.07) is -0.237. The monoisotopic (exact) mass is 500 g/mol. The van der Waals surface area contributed by atoms with Crippen molar-refractivity contribution in [2.75, 3.05) is 31.6 Å². The molecular formula is C21H30ClFN6O5. The minimum absolute atomic E-state index is 0.0107. The molecule has 0 aromatic carbocycles. The number of nitrogens with zero attached hydrogens (tertiary/aromatic N) is 4. The van der Waals surface area contributed by atoms with Crippen LogP contribution in [0.2, 0.25) is 5.28 Å². The molecule has 2 fully saturated rings. The number of anilines is 1. The number of rotatable bonds is 10. The molecule has 1 aliphatic carbocycles. The molecule has 2 heterocycles. The highest BCUT2D eigenvalue weighted by Crippen LogP contribution is 2.31. The second kappa shape index (κ2) is 12.1. The fourth-order valence-corrected chi connectivity index (χ4v) is 4.75. The summed E-state index contributed by atoms with van der Waals surface area (Å²) in [4.78, 5) is 44.7. The lowest BCUT2D eigenvalue weighted by Crippen LogP contribution is -2.38. The average molecular weight is 501 g/mol. The van der Waals surface area contributed by atoms with Gasteiger partial charge in [-0.25, -0.2) is 19.2 Å². The summed E-state index contributed by atoms with van der Waals surface area (Å²) in [5, 5.41) is 15.2. The number of hydroxylamine groups is 2. The summed E-state index contributed by atoms with van der Waals surface area (Å²) in [7, 11) is 1.27. The second-order valence-corrected chi connectivity index (χ2v) is 9.01. The molecule has 1 saturated carbocycles. The number of amides is 3. The van der Waals surface area contributed by atoms with Crippen molar-refractivity contribution in [3.63, 3.8) is 0 Å². The minimum Gasteiger partial charge on any atom is -0.453 e. The number of methoxy groups -OCH3 is 1. The Bertz CT molecular complexity index is 887. The molecular weight excluding hydrogens is 471 g/mol. The van der Waals surface area contributed by atoms with E-state index < -0.39 is 23.7 Å². The van der Waals surface area contributed by atoms with Crippen LogP contribution in [0.3, 0.4) is 0 Å². The zero-order chi connectivity index (χ0) is 24.7. The van der Waals surface area contributed by atoms with Gasteiger partial charge in [-0.05, 0) is 30.4 Å². The zero-order valence-electron chi connectivity index (χ0n) is 19.0. The van der Waals surface area contributed by atoms with E-state index in [1.54, 1.807) is 4.90 Å². The minimum atomic E-state index is -0.715. The van der Waals surface area contributed by atoms with Gasteiger partial charge in [0.25, 0.3) is 0 Å². The Kier molecular flexibility index (Phi) is 9.22. The van der Waals surface area contributed by atoms with Crippen molar-refractivity contribution in [1.29, 1.82) is 0 Å². The van der Waals surface area contributed by atoms with Gasteiger partial charge in [0.2, 0.25) is 17.6 Å². The number of carbonyl (C=O) groups excluding carboxylic acids is 3. The van der Waals surface area contributed by atoms with E-state index in [4.69, 9.17) is 11.6 Å². The molecule has 3 rings (SSSR count). The van der Waals surface area contributed by atoms with Crippen molar-refractivity contribution >= 4 is 35.8 Å². The summed E-state index contributed by atoms with van der Waals surface area (Å²) in [6.07, 6.45) is 4.96. The summed E-state index contributed by atoms with van der Waals surface area (Å²) < 4.78 is 19.8. The molecule has 1 aromatic rings. The van der Waals surface area contributed by atoms with Crippen LogP contribution < -0.4 is 15.5 Å². The van der Waals surface area contributed by atoms with Crippen LogP contribution in [0.5, 0.6) is 0 Å². The number of alkyl carbamates (subject to hydrolysis) is 1. The first-order chi connectivity index (χ1) is 16.3. The highest BCUT2D eigenvalue weighted by molar-refractivity contribution is 6.28. The Morgan fingerprint density at radius 3 is 2.76 bits per heavy atom. The predicted molar refractivity (Wildman–Crippen MR) is 120 cm³/mol. The Morgan fingerprint density at radius 1 is 1.35 bits per heavy atom. The van der Waals surface area contributed by atoms with Crippen molar-refractivity contribution in [2.45, 2.75) is 51.1 Å². The van der Waals surface area contributed by atoms with Crippen molar-refractivity contribution in [1.82, 2.24) is 25.7 Å². The molecule has 188 valence electrons. The summed E-state index contributed by atoms with van der Waals surface area (Å²) in [5.41, 5.74) is -0.0800. The van der Waals surface area contributed by atoms with E-state index in [1.807, 2.05) is 0 Å². The van der Waals surface area contributed by atoms with Crippen molar-refractivity contribution in [3.05, 3.63) is 16.8 Å². The van der Waals surface area contributed by atoms with E-state index >= 15 is 4.39 Å². The first-order valence-corrected chi connectivity index (χ1v) is 11.7. The van der Waals surface area contributed by atoms with Gasteiger partial charge < -0.3 is 20.3 Å². The van der Waals surface area contributed by atoms with Gasteiger partial charge in [-0.15, -0.1) is 0 Å². The van der Waals surface area contributed by atoms with Gasteiger partial charge in [-0.3, -0.25) is 14.8 Å². The Balaban J connectivity index is 1.66. The van der Waals surface area contributed by atoms with Crippen LogP contribution in [0.1, 0.15) is 44.2 Å². The number of aromatic nitrogens is 2. The SMILES string of the molecule is COC(=O)N[C@H]1CCN(c2nc(Cl)nc(CNC(=O)[C@H](CC3CCCC3)CN(O)C=O)c2F)C1. The Hall–Kier alpha value is -2.73. The molecule has 2 aliphatic rings. The third-order valence-corrected chi connectivity index (χ3v) is 6.46. The molecule has 0 unspecified atom stereocenters. The van der Waals surface area contributed by atoms with Crippen LogP contribution in [0.15, 0.2) is 0 Å². The summed E-state index contributed by atoms with van der Waals surface area (Å²) in [5.74, 6) is -1.43. The van der Waals surface area contributed by atoms with Crippen LogP contribution in [0, 0.1) is 17.7 Å². The predicted octanol–water partition coefficient (Wildman–Crippen LogP) is 1.86. The molecule has 3 N–H and O–H groups in total. The lowest BCUT2D eigenvalue weighted by atomic mass is 9.92. The number of hydrogen-bond donors (Lipinski definition) is 3. The van der Waals surface area contributed by atoms with Crippen molar-refractivity contribution < 1.29 is 28.7 Å². The van der Waals surface area contributed by atoms with E-state index in [-0.39, 0.29) is 42.3 Å². The van der Waals surface area contributed by atoms with Crippen molar-refractivity contribution in [2.24, 2.45) is 11.8 Å². The Labute approximate surface area is 201 Å². The van der Waals surface area contributed by atoms with Crippen LogP contribution in [-0.4, -0.2) is 71.4 Å². The van der Waals surface area contributed by atoms with Gasteiger partial charge in [0.15, 0.2) is 11.6 Å². The van der Waals surface area contributed by atoms with E-state index in [2.05, 4.69) is 25.3 Å². The number of nitrogens with one attached hydrogen (secondary N) is 2. The largest absolute Gasteiger partial charge is 0.453 e. The molecule has 0 bridgehead atoms. The molecule has 1 aliphatic heterocycles. The number of halogens is 2. The number of carbonyl (C=O) groups is 3. The van der Waals surface area contributed by atoms with Crippen LogP contribution in [0.4, 0.5) is 15.0 Å². The zero-order valence-corrected chi connectivity index (χ0v) is 19.8. The van der Waals surface area contributed by atoms with Crippen molar-refractivity contribution in [3.8, 4) is 0 Å². The first kappa shape index (κ1) is 25.9. The van der Waals surface area contributed by atoms with E-state index in [0.717, 1.165) is 25.7 Å². The molecule has 34 heavy (non-hydrogen) atoms. The molecule has 0 spiro atoms. The maximum Gasteiger partial charge on any atom is 0.407 e. The second-order valence-electron chi connectivity index (χ2n) is 8.67. The van der Waals surface area contributed by atoms with E-state index in [9.17, 15) is 19.6 Å². The Morgan fingerprint density at radius 2 is 2.09 bits per heavy atom. The molecule has 2 atom stereocenters. The van der Waals surface area contributed by atoms with Gasteiger partial charge in [-0.2, -0.15) is 4.98 Å². The third-order valence-electron chi connectivity index (χ3n) is 6.29. The van der Waals surface area contributed by atoms with Gasteiger partial charge in [-0.1, -0.05) is 25.7 Å². The third kappa shape index (κ3) is 6.89. The maximum absolute atomic E-state index is 15.2. The number of ether oxygens (including phenoxy) is 1. The average Bonchev–Trinajstić information content (AvgIpc) is 3.50. The lowest BCUT2D eigenvalue weighted by Gasteiger charge is -2.23. The van der Waals surface area contributed by atoms with Gasteiger partial charge in [0, 0.05) is 13.1 Å². The highest BCUT2D eigenvalue weighted by Gasteiger charge is 2.30. The van der Waals surface area contributed by atoms with Gasteiger partial charge in [0.05, 0.1) is 32.2 Å². The van der Waals surface area contributed by atoms with Crippen LogP contribution >= 0.6 is 11.6 Å². The number of hydrogen-bond acceptors (Lipinski definition) is 8. The fraction of sp³-hybridized carbons (Fsp3) is 0.667. The smallest absolute Gasteiger partial charge is 0.407 e. The topological polar surface area (TPSA) is 137 Å².